The number of nitrogens with zero attached hydrogens (tertiary/aromatic N) is 4. The van der Waals surface area contributed by atoms with Gasteiger partial charge in [0.15, 0.2) is 5.96 Å². The number of thiophene rings is 1. The maximum absolute atomic E-state index is 4.28. The molecular weight excluding hydrogens is 435 g/mol. The number of aryl methyl sites for hydroxylation is 1. The molecule has 2 aromatic rings. The highest BCUT2D eigenvalue weighted by atomic mass is 127. The quantitative estimate of drug-likeness (QED) is 0.406. The average molecular weight is 460 g/mol. The van der Waals surface area contributed by atoms with Crippen LogP contribution in [0.4, 0.5) is 0 Å². The van der Waals surface area contributed by atoms with Gasteiger partial charge in [-0.3, -0.25) is 14.6 Å². The molecule has 0 amide bonds. The van der Waals surface area contributed by atoms with Gasteiger partial charge in [0.05, 0.1) is 12.2 Å². The Balaban J connectivity index is 0.00000208. The number of rotatable bonds is 5. The summed E-state index contributed by atoms with van der Waals surface area (Å²) in [5, 5.41) is 13.1. The van der Waals surface area contributed by atoms with Crippen LogP contribution in [0.25, 0.3) is 0 Å². The molecule has 0 aliphatic carbocycles. The summed E-state index contributed by atoms with van der Waals surface area (Å²) in [6.45, 7) is 4.86. The fourth-order valence-corrected chi connectivity index (χ4v) is 3.69. The van der Waals surface area contributed by atoms with E-state index in [-0.39, 0.29) is 24.0 Å². The van der Waals surface area contributed by atoms with E-state index in [9.17, 15) is 0 Å². The van der Waals surface area contributed by atoms with Crippen LogP contribution in [0.1, 0.15) is 16.1 Å². The molecule has 1 aliphatic heterocycles. The first kappa shape index (κ1) is 19.2. The summed E-state index contributed by atoms with van der Waals surface area (Å²) in [6, 6.07) is 4.26. The van der Waals surface area contributed by atoms with Crippen molar-refractivity contribution in [2.24, 2.45) is 12.0 Å². The highest BCUT2D eigenvalue weighted by molar-refractivity contribution is 14.0. The van der Waals surface area contributed by atoms with Crippen molar-refractivity contribution in [2.75, 3.05) is 26.7 Å². The lowest BCUT2D eigenvalue weighted by Crippen LogP contribution is -2.42. The minimum atomic E-state index is 0. The summed E-state index contributed by atoms with van der Waals surface area (Å²) in [4.78, 5) is 8.33. The van der Waals surface area contributed by atoms with Gasteiger partial charge in [-0.15, -0.1) is 35.3 Å². The van der Waals surface area contributed by atoms with Gasteiger partial charge < -0.3 is 10.6 Å². The number of nitrogens with one attached hydrogen (secondary N) is 2. The molecule has 8 heteroatoms. The minimum absolute atomic E-state index is 0. The molecule has 0 aromatic carbocycles. The van der Waals surface area contributed by atoms with Crippen LogP contribution in [0.3, 0.4) is 0 Å². The van der Waals surface area contributed by atoms with Crippen LogP contribution in [0.2, 0.25) is 0 Å². The highest BCUT2D eigenvalue weighted by Crippen LogP contribution is 2.23. The molecule has 1 aliphatic rings. The number of halogens is 1. The number of fused-ring (bicyclic) bond motifs is 1. The first-order chi connectivity index (χ1) is 11.3. The zero-order valence-corrected chi connectivity index (χ0v) is 17.3. The number of aliphatic imine (C=N–C) groups is 1. The molecule has 0 radical (unpaired) electrons. The Labute approximate surface area is 164 Å². The largest absolute Gasteiger partial charge is 0.355 e. The number of hydrogen-bond acceptors (Lipinski definition) is 4. The lowest BCUT2D eigenvalue weighted by atomic mass is 10.1. The molecule has 24 heavy (non-hydrogen) atoms. The number of hydrogen-bond donors (Lipinski definition) is 2. The lowest BCUT2D eigenvalue weighted by Gasteiger charge is -2.27. The van der Waals surface area contributed by atoms with Crippen molar-refractivity contribution in [3.8, 4) is 0 Å². The summed E-state index contributed by atoms with van der Waals surface area (Å²) in [5.41, 5.74) is 2.63. The van der Waals surface area contributed by atoms with Gasteiger partial charge in [-0.05, 0) is 29.5 Å². The number of guanidine groups is 1. The van der Waals surface area contributed by atoms with Crippen LogP contribution in [0.15, 0.2) is 28.7 Å². The fraction of sp³-hybridized carbons (Fsp3) is 0.500. The van der Waals surface area contributed by atoms with Crippen LogP contribution >= 0.6 is 35.3 Å². The average Bonchev–Trinajstić information content (AvgIpc) is 3.19. The van der Waals surface area contributed by atoms with E-state index >= 15 is 0 Å². The van der Waals surface area contributed by atoms with Crippen LogP contribution < -0.4 is 10.6 Å². The summed E-state index contributed by atoms with van der Waals surface area (Å²) >= 11 is 1.89. The van der Waals surface area contributed by atoms with E-state index in [0.29, 0.717) is 0 Å². The van der Waals surface area contributed by atoms with Crippen molar-refractivity contribution in [1.82, 2.24) is 25.3 Å². The van der Waals surface area contributed by atoms with Gasteiger partial charge in [-0.1, -0.05) is 0 Å². The monoisotopic (exact) mass is 460 g/mol. The Morgan fingerprint density at radius 2 is 2.25 bits per heavy atom. The SMILES string of the molecule is CN=C(NCCN1CCc2sccc2C1)NCc1ccnn1C.I. The summed E-state index contributed by atoms with van der Waals surface area (Å²) in [7, 11) is 3.75. The van der Waals surface area contributed by atoms with E-state index in [1.165, 1.54) is 12.0 Å². The molecule has 0 unspecified atom stereocenters. The van der Waals surface area contributed by atoms with E-state index in [1.54, 1.807) is 11.9 Å². The molecule has 2 N–H and O–H groups in total. The molecule has 0 bridgehead atoms. The second kappa shape index (κ2) is 9.38. The molecule has 3 heterocycles. The third kappa shape index (κ3) is 4.93. The van der Waals surface area contributed by atoms with E-state index in [1.807, 2.05) is 35.3 Å². The van der Waals surface area contributed by atoms with Gasteiger partial charge in [0.25, 0.3) is 0 Å². The molecular formula is C16H25IN6S. The van der Waals surface area contributed by atoms with Crippen molar-refractivity contribution < 1.29 is 0 Å². The van der Waals surface area contributed by atoms with Crippen LogP contribution in [-0.4, -0.2) is 47.3 Å². The van der Waals surface area contributed by atoms with Crippen LogP contribution in [-0.2, 0) is 26.6 Å². The molecule has 6 nitrogen and oxygen atoms in total. The van der Waals surface area contributed by atoms with E-state index in [0.717, 1.165) is 44.4 Å². The van der Waals surface area contributed by atoms with Crippen molar-refractivity contribution in [2.45, 2.75) is 19.5 Å². The molecule has 0 fully saturated rings. The summed E-state index contributed by atoms with van der Waals surface area (Å²) in [6.07, 6.45) is 2.99. The lowest BCUT2D eigenvalue weighted by molar-refractivity contribution is 0.260. The van der Waals surface area contributed by atoms with Gasteiger partial charge in [0, 0.05) is 51.3 Å². The first-order valence-electron chi connectivity index (χ1n) is 7.95. The standard InChI is InChI=1S/C16H24N6S.HI/c1-17-16(19-11-14-3-6-20-21(14)2)18-7-9-22-8-4-15-13(12-22)5-10-23-15;/h3,5-6,10H,4,7-9,11-12H2,1-2H3,(H2,17,18,19);1H. The van der Waals surface area contributed by atoms with Crippen molar-refractivity contribution in [1.29, 1.82) is 0 Å². The van der Waals surface area contributed by atoms with Gasteiger partial charge in [0.1, 0.15) is 0 Å². The Morgan fingerprint density at radius 3 is 3.00 bits per heavy atom. The Hall–Kier alpha value is -1.13. The molecule has 2 aromatic heterocycles. The second-order valence-corrected chi connectivity index (χ2v) is 6.69. The van der Waals surface area contributed by atoms with Gasteiger partial charge in [0.2, 0.25) is 0 Å². The minimum Gasteiger partial charge on any atom is -0.355 e. The molecule has 0 spiro atoms. The van der Waals surface area contributed by atoms with Gasteiger partial charge in [-0.25, -0.2) is 0 Å². The van der Waals surface area contributed by atoms with Gasteiger partial charge >= 0.3 is 0 Å². The van der Waals surface area contributed by atoms with E-state index in [2.05, 4.69) is 37.1 Å². The second-order valence-electron chi connectivity index (χ2n) is 5.69. The molecule has 132 valence electrons. The number of aromatic nitrogens is 2. The molecule has 0 saturated carbocycles. The fourth-order valence-electron chi connectivity index (χ4n) is 2.80. The maximum atomic E-state index is 4.28. The predicted octanol–water partition coefficient (Wildman–Crippen LogP) is 1.82. The van der Waals surface area contributed by atoms with Gasteiger partial charge in [-0.2, -0.15) is 5.10 Å². The smallest absolute Gasteiger partial charge is 0.191 e. The third-order valence-electron chi connectivity index (χ3n) is 4.19. The molecule has 0 atom stereocenters. The first-order valence-corrected chi connectivity index (χ1v) is 8.83. The van der Waals surface area contributed by atoms with Crippen LogP contribution in [0, 0.1) is 0 Å². The van der Waals surface area contributed by atoms with E-state index in [4.69, 9.17) is 0 Å². The van der Waals surface area contributed by atoms with E-state index < -0.39 is 0 Å². The highest BCUT2D eigenvalue weighted by Gasteiger charge is 2.16. The predicted molar refractivity (Wildman–Crippen MR) is 110 cm³/mol. The Bertz CT molecular complexity index is 665. The Kier molecular flexibility index (Phi) is 7.50. The Morgan fingerprint density at radius 1 is 1.38 bits per heavy atom. The maximum Gasteiger partial charge on any atom is 0.191 e. The zero-order valence-electron chi connectivity index (χ0n) is 14.2. The van der Waals surface area contributed by atoms with Crippen LogP contribution in [0.5, 0.6) is 0 Å². The van der Waals surface area contributed by atoms with Crippen molar-refractivity contribution >= 4 is 41.3 Å². The third-order valence-corrected chi connectivity index (χ3v) is 5.21. The summed E-state index contributed by atoms with van der Waals surface area (Å²) in [5.74, 6) is 0.833. The molecule has 0 saturated heterocycles. The van der Waals surface area contributed by atoms with Crippen molar-refractivity contribution in [3.05, 3.63) is 39.8 Å². The normalized spacial score (nSPS) is 14.8. The topological polar surface area (TPSA) is 57.5 Å². The van der Waals surface area contributed by atoms with Crippen molar-refractivity contribution in [3.63, 3.8) is 0 Å². The summed E-state index contributed by atoms with van der Waals surface area (Å²) < 4.78 is 1.87. The molecule has 3 rings (SSSR count). The zero-order chi connectivity index (χ0) is 16.1.